The van der Waals surface area contributed by atoms with Gasteiger partial charge >= 0.3 is 0 Å². The van der Waals surface area contributed by atoms with Gasteiger partial charge in [-0.3, -0.25) is 4.79 Å². The van der Waals surface area contributed by atoms with Crippen LogP contribution in [-0.4, -0.2) is 70.7 Å². The number of nitrogens with two attached hydrogens (primary N) is 1. The summed E-state index contributed by atoms with van der Waals surface area (Å²) in [6, 6.07) is 15.4. The summed E-state index contributed by atoms with van der Waals surface area (Å²) >= 11 is 0. The Hall–Kier alpha value is -4.18. The minimum absolute atomic E-state index is 0.0517. The zero-order valence-corrected chi connectivity index (χ0v) is 19.5. The molecule has 1 fully saturated rings. The fourth-order valence-electron chi connectivity index (χ4n) is 4.13. The Kier molecular flexibility index (Phi) is 6.44. The highest BCUT2D eigenvalue weighted by molar-refractivity contribution is 5.83. The Balaban J connectivity index is 1.42. The molecule has 180 valence electrons. The topological polar surface area (TPSA) is 122 Å². The lowest BCUT2D eigenvalue weighted by molar-refractivity contribution is -0.133. The molecular weight excluding hydrogens is 446 g/mol. The van der Waals surface area contributed by atoms with Gasteiger partial charge in [-0.1, -0.05) is 12.1 Å². The lowest BCUT2D eigenvalue weighted by atomic mass is 10.1. The number of hydrogen-bond donors (Lipinski definition) is 2. The number of nitrogens with one attached hydrogen (secondary N) is 1. The first-order valence-electron chi connectivity index (χ1n) is 11.4. The minimum atomic E-state index is 0.0517. The van der Waals surface area contributed by atoms with E-state index < -0.39 is 0 Å². The first kappa shape index (κ1) is 22.6. The first-order valence-corrected chi connectivity index (χ1v) is 11.4. The Labute approximate surface area is 202 Å². The molecule has 0 bridgehead atoms. The number of imidazole rings is 1. The van der Waals surface area contributed by atoms with Crippen molar-refractivity contribution >= 4 is 28.6 Å². The van der Waals surface area contributed by atoms with E-state index >= 15 is 0 Å². The Morgan fingerprint density at radius 2 is 2.03 bits per heavy atom. The minimum Gasteiger partial charge on any atom is -0.497 e. The maximum atomic E-state index is 13.1. The highest BCUT2D eigenvalue weighted by Crippen LogP contribution is 2.25. The van der Waals surface area contributed by atoms with Gasteiger partial charge in [0, 0.05) is 36.6 Å². The van der Waals surface area contributed by atoms with Crippen molar-refractivity contribution in [3.63, 3.8) is 0 Å². The number of nitrogens with zero attached hydrogens (tertiary/aromatic N) is 5. The molecule has 5 rings (SSSR count). The fraction of sp³-hybridized carbons (Fsp3) is 0.280. The van der Waals surface area contributed by atoms with E-state index in [9.17, 15) is 4.79 Å². The van der Waals surface area contributed by atoms with Crippen molar-refractivity contribution in [1.82, 2.24) is 24.8 Å². The normalized spacial score (nSPS) is 13.7. The predicted molar refractivity (Wildman–Crippen MR) is 133 cm³/mol. The number of carbonyl (C=O) groups is 1. The highest BCUT2D eigenvalue weighted by atomic mass is 16.5. The predicted octanol–water partition coefficient (Wildman–Crippen LogP) is 2.48. The maximum absolute atomic E-state index is 13.1. The van der Waals surface area contributed by atoms with Crippen LogP contribution in [0.2, 0.25) is 0 Å². The maximum Gasteiger partial charge on any atom is 0.242 e. The van der Waals surface area contributed by atoms with Crippen molar-refractivity contribution in [2.24, 2.45) is 0 Å². The Morgan fingerprint density at radius 3 is 2.83 bits per heavy atom. The quantitative estimate of drug-likeness (QED) is 0.420. The van der Waals surface area contributed by atoms with Crippen molar-refractivity contribution in [1.29, 1.82) is 0 Å². The van der Waals surface area contributed by atoms with E-state index in [1.807, 2.05) is 58.3 Å². The number of carbonyl (C=O) groups excluding carboxylic acids is 1. The zero-order valence-electron chi connectivity index (χ0n) is 19.5. The summed E-state index contributed by atoms with van der Waals surface area (Å²) in [4.78, 5) is 33.3. The van der Waals surface area contributed by atoms with Crippen molar-refractivity contribution in [3.8, 4) is 17.0 Å². The summed E-state index contributed by atoms with van der Waals surface area (Å²) in [5.41, 5.74) is 9.98. The molecule has 0 aliphatic carbocycles. The number of aromatic amines is 1. The largest absolute Gasteiger partial charge is 0.497 e. The van der Waals surface area contributed by atoms with E-state index in [4.69, 9.17) is 20.2 Å². The van der Waals surface area contributed by atoms with E-state index in [2.05, 4.69) is 15.0 Å². The van der Waals surface area contributed by atoms with Gasteiger partial charge < -0.3 is 30.0 Å². The molecule has 3 N–H and O–H groups in total. The molecule has 1 amide bonds. The molecule has 1 aliphatic rings. The third-order valence-corrected chi connectivity index (χ3v) is 5.95. The molecule has 1 saturated heterocycles. The van der Waals surface area contributed by atoms with Crippen LogP contribution in [0.4, 0.5) is 11.6 Å². The third-order valence-electron chi connectivity index (χ3n) is 5.95. The highest BCUT2D eigenvalue weighted by Gasteiger charge is 2.21. The van der Waals surface area contributed by atoms with Gasteiger partial charge in [0.15, 0.2) is 0 Å². The second-order valence-electron chi connectivity index (χ2n) is 8.27. The van der Waals surface area contributed by atoms with E-state index in [0.717, 1.165) is 39.6 Å². The van der Waals surface area contributed by atoms with Crippen molar-refractivity contribution in [2.75, 3.05) is 50.6 Å². The van der Waals surface area contributed by atoms with Crippen LogP contribution < -0.4 is 15.4 Å². The van der Waals surface area contributed by atoms with Gasteiger partial charge in [0.05, 0.1) is 50.1 Å². The Morgan fingerprint density at radius 1 is 1.17 bits per heavy atom. The molecule has 35 heavy (non-hydrogen) atoms. The smallest absolute Gasteiger partial charge is 0.242 e. The third kappa shape index (κ3) is 5.17. The van der Waals surface area contributed by atoms with E-state index in [0.29, 0.717) is 32.8 Å². The number of aromatic nitrogens is 4. The van der Waals surface area contributed by atoms with Crippen molar-refractivity contribution in [2.45, 2.75) is 6.54 Å². The molecule has 0 atom stereocenters. The van der Waals surface area contributed by atoms with Gasteiger partial charge in [0.2, 0.25) is 11.9 Å². The zero-order chi connectivity index (χ0) is 24.2. The molecule has 3 heterocycles. The number of amides is 1. The molecule has 2 aromatic carbocycles. The van der Waals surface area contributed by atoms with Crippen LogP contribution in [0.25, 0.3) is 22.3 Å². The summed E-state index contributed by atoms with van der Waals surface area (Å²) < 4.78 is 10.8. The molecule has 10 nitrogen and oxygen atoms in total. The number of anilines is 2. The summed E-state index contributed by atoms with van der Waals surface area (Å²) in [6.45, 7) is 2.98. The SMILES string of the molecule is COc1cccc(N(CC(=O)N2CCOCC2)Cc2nc3ccc(-c4ccnc(N)n4)cc3[nH]2)c1. The number of fused-ring (bicyclic) bond motifs is 1. The number of methoxy groups -OCH3 is 1. The monoisotopic (exact) mass is 473 g/mol. The number of rotatable bonds is 7. The average Bonchev–Trinajstić information content (AvgIpc) is 3.30. The molecule has 0 radical (unpaired) electrons. The van der Waals surface area contributed by atoms with E-state index in [-0.39, 0.29) is 18.4 Å². The summed E-state index contributed by atoms with van der Waals surface area (Å²) in [7, 11) is 1.63. The molecule has 1 aliphatic heterocycles. The number of morpholine rings is 1. The van der Waals surface area contributed by atoms with Crippen LogP contribution >= 0.6 is 0 Å². The van der Waals surface area contributed by atoms with Crippen LogP contribution in [0.15, 0.2) is 54.7 Å². The molecular formula is C25H27N7O3. The lowest BCUT2D eigenvalue weighted by Gasteiger charge is -2.30. The van der Waals surface area contributed by atoms with Gasteiger partial charge in [-0.05, 0) is 30.3 Å². The number of nitrogen functional groups attached to an aromatic ring is 1. The van der Waals surface area contributed by atoms with Crippen molar-refractivity contribution in [3.05, 3.63) is 60.6 Å². The average molecular weight is 474 g/mol. The van der Waals surface area contributed by atoms with Gasteiger partial charge in [-0.25, -0.2) is 15.0 Å². The van der Waals surface area contributed by atoms with E-state index in [1.54, 1.807) is 13.3 Å². The van der Waals surface area contributed by atoms with Gasteiger partial charge in [-0.15, -0.1) is 0 Å². The van der Waals surface area contributed by atoms with Crippen LogP contribution in [0, 0.1) is 0 Å². The Bertz CT molecular complexity index is 1330. The standard InChI is InChI=1S/C25H27N7O3/c1-34-19-4-2-3-18(14-19)32(16-24(33)31-9-11-35-12-10-31)15-23-28-21-6-5-17(13-22(21)29-23)20-7-8-27-25(26)30-20/h2-8,13-14H,9-12,15-16H2,1H3,(H,28,29)(H2,26,27,30). The van der Waals surface area contributed by atoms with Crippen molar-refractivity contribution < 1.29 is 14.3 Å². The number of hydrogen-bond acceptors (Lipinski definition) is 8. The second-order valence-corrected chi connectivity index (χ2v) is 8.27. The summed E-state index contributed by atoms with van der Waals surface area (Å²) in [5, 5.41) is 0. The molecule has 0 saturated carbocycles. The van der Waals surface area contributed by atoms with Crippen LogP contribution in [0.1, 0.15) is 5.82 Å². The number of benzene rings is 2. The second kappa shape index (κ2) is 9.98. The van der Waals surface area contributed by atoms with Gasteiger partial charge in [0.25, 0.3) is 0 Å². The van der Waals surface area contributed by atoms with Gasteiger partial charge in [0.1, 0.15) is 11.6 Å². The van der Waals surface area contributed by atoms with Crippen LogP contribution in [0.3, 0.4) is 0 Å². The molecule has 0 unspecified atom stereocenters. The molecule has 10 heteroatoms. The van der Waals surface area contributed by atoms with Gasteiger partial charge in [-0.2, -0.15) is 0 Å². The van der Waals surface area contributed by atoms with E-state index in [1.165, 1.54) is 0 Å². The molecule has 2 aromatic heterocycles. The molecule has 0 spiro atoms. The summed E-state index contributed by atoms with van der Waals surface area (Å²) in [6.07, 6.45) is 1.64. The summed E-state index contributed by atoms with van der Waals surface area (Å²) in [5.74, 6) is 1.75. The fourth-order valence-corrected chi connectivity index (χ4v) is 4.13. The first-order chi connectivity index (χ1) is 17.1. The number of H-pyrrole nitrogens is 1. The van der Waals surface area contributed by atoms with Crippen LogP contribution in [-0.2, 0) is 16.1 Å². The number of ether oxygens (including phenoxy) is 2. The lowest BCUT2D eigenvalue weighted by Crippen LogP contribution is -2.45. The molecule has 4 aromatic rings. The van der Waals surface area contributed by atoms with Crippen LogP contribution in [0.5, 0.6) is 5.75 Å².